The van der Waals surface area contributed by atoms with Crippen molar-refractivity contribution in [3.8, 4) is 0 Å². The van der Waals surface area contributed by atoms with E-state index in [4.69, 9.17) is 16.3 Å². The second-order valence-electron chi connectivity index (χ2n) is 5.24. The molecule has 0 aromatic heterocycles. The highest BCUT2D eigenvalue weighted by Crippen LogP contribution is 2.23. The van der Waals surface area contributed by atoms with E-state index in [2.05, 4.69) is 41.6 Å². The van der Waals surface area contributed by atoms with E-state index in [0.717, 1.165) is 24.1 Å². The number of rotatable bonds is 6. The van der Waals surface area contributed by atoms with Gasteiger partial charge in [0.25, 0.3) is 0 Å². The van der Waals surface area contributed by atoms with Crippen LogP contribution >= 0.6 is 35.6 Å². The van der Waals surface area contributed by atoms with Crippen LogP contribution in [0.5, 0.6) is 0 Å². The van der Waals surface area contributed by atoms with Crippen LogP contribution in [-0.4, -0.2) is 39.8 Å². The van der Waals surface area contributed by atoms with Crippen LogP contribution in [0.15, 0.2) is 29.3 Å². The molecule has 120 valence electrons. The molecule has 21 heavy (non-hydrogen) atoms. The van der Waals surface area contributed by atoms with Crippen molar-refractivity contribution in [1.29, 1.82) is 0 Å². The standard InChI is InChI=1S/C15H24ClN3O.HI/c1-15(2,12-5-7-13(16)8-6-12)11-19-14(17-3)18-9-10-20-4;/h5-8H,9-11H2,1-4H3,(H2,17,18,19);1H. The number of methoxy groups -OCH3 is 1. The SMILES string of the molecule is CN=C(NCCOC)NCC(C)(C)c1ccc(Cl)cc1.I. The van der Waals surface area contributed by atoms with E-state index < -0.39 is 0 Å². The molecule has 0 atom stereocenters. The van der Waals surface area contributed by atoms with Crippen molar-refractivity contribution in [2.24, 2.45) is 4.99 Å². The summed E-state index contributed by atoms with van der Waals surface area (Å²) >= 11 is 5.93. The van der Waals surface area contributed by atoms with Crippen molar-refractivity contribution in [2.75, 3.05) is 33.9 Å². The topological polar surface area (TPSA) is 45.7 Å². The summed E-state index contributed by atoms with van der Waals surface area (Å²) < 4.78 is 5.00. The first-order chi connectivity index (χ1) is 9.49. The van der Waals surface area contributed by atoms with Crippen molar-refractivity contribution < 1.29 is 4.74 Å². The lowest BCUT2D eigenvalue weighted by Crippen LogP contribution is -2.44. The molecular formula is C15H25ClIN3O. The molecule has 0 radical (unpaired) electrons. The molecule has 0 aliphatic carbocycles. The maximum absolute atomic E-state index is 5.93. The van der Waals surface area contributed by atoms with Gasteiger partial charge in [0, 0.05) is 37.7 Å². The molecule has 1 aromatic carbocycles. The van der Waals surface area contributed by atoms with Gasteiger partial charge in [0.05, 0.1) is 6.61 Å². The summed E-state index contributed by atoms with van der Waals surface area (Å²) in [5.74, 6) is 0.782. The maximum atomic E-state index is 5.93. The normalized spacial score (nSPS) is 11.8. The fourth-order valence-electron chi connectivity index (χ4n) is 1.80. The summed E-state index contributed by atoms with van der Waals surface area (Å²) in [6, 6.07) is 7.96. The third-order valence-electron chi connectivity index (χ3n) is 3.15. The zero-order chi connectivity index (χ0) is 15.0. The highest BCUT2D eigenvalue weighted by Gasteiger charge is 2.20. The highest BCUT2D eigenvalue weighted by molar-refractivity contribution is 14.0. The van der Waals surface area contributed by atoms with E-state index in [1.807, 2.05) is 12.1 Å². The Morgan fingerprint density at radius 2 is 1.86 bits per heavy atom. The summed E-state index contributed by atoms with van der Waals surface area (Å²) in [4.78, 5) is 4.19. The zero-order valence-electron chi connectivity index (χ0n) is 13.1. The first-order valence-electron chi connectivity index (χ1n) is 6.69. The lowest BCUT2D eigenvalue weighted by atomic mass is 9.85. The minimum Gasteiger partial charge on any atom is -0.383 e. The number of nitrogens with zero attached hydrogens (tertiary/aromatic N) is 1. The van der Waals surface area contributed by atoms with Gasteiger partial charge in [-0.3, -0.25) is 4.99 Å². The van der Waals surface area contributed by atoms with Gasteiger partial charge in [-0.2, -0.15) is 0 Å². The Bertz CT molecular complexity index is 435. The number of guanidine groups is 1. The number of ether oxygens (including phenoxy) is 1. The molecule has 0 amide bonds. The monoisotopic (exact) mass is 425 g/mol. The molecule has 0 aliphatic rings. The quantitative estimate of drug-likeness (QED) is 0.319. The molecule has 1 aromatic rings. The molecule has 6 heteroatoms. The Labute approximate surface area is 149 Å². The predicted molar refractivity (Wildman–Crippen MR) is 101 cm³/mol. The molecule has 0 fully saturated rings. The number of hydrogen-bond donors (Lipinski definition) is 2. The average molecular weight is 426 g/mol. The second-order valence-corrected chi connectivity index (χ2v) is 5.67. The van der Waals surface area contributed by atoms with Crippen LogP contribution < -0.4 is 10.6 Å². The van der Waals surface area contributed by atoms with Gasteiger partial charge < -0.3 is 15.4 Å². The van der Waals surface area contributed by atoms with Gasteiger partial charge in [-0.15, -0.1) is 24.0 Å². The molecule has 2 N–H and O–H groups in total. The lowest BCUT2D eigenvalue weighted by Gasteiger charge is -2.26. The molecule has 0 aliphatic heterocycles. The molecule has 1 rings (SSSR count). The minimum atomic E-state index is -0.0105. The van der Waals surface area contributed by atoms with Crippen LogP contribution in [-0.2, 0) is 10.2 Å². The molecule has 0 heterocycles. The van der Waals surface area contributed by atoms with Crippen LogP contribution in [0.2, 0.25) is 5.02 Å². The van der Waals surface area contributed by atoms with E-state index in [0.29, 0.717) is 6.61 Å². The van der Waals surface area contributed by atoms with E-state index >= 15 is 0 Å². The molecule has 0 spiro atoms. The van der Waals surface area contributed by atoms with Crippen molar-refractivity contribution >= 4 is 41.5 Å². The van der Waals surface area contributed by atoms with E-state index in [1.54, 1.807) is 14.2 Å². The number of halogens is 2. The highest BCUT2D eigenvalue weighted by atomic mass is 127. The first-order valence-corrected chi connectivity index (χ1v) is 7.07. The van der Waals surface area contributed by atoms with Crippen LogP contribution in [0.1, 0.15) is 19.4 Å². The molecule has 4 nitrogen and oxygen atoms in total. The smallest absolute Gasteiger partial charge is 0.191 e. The number of hydrogen-bond acceptors (Lipinski definition) is 2. The van der Waals surface area contributed by atoms with Gasteiger partial charge in [-0.05, 0) is 17.7 Å². The Hall–Kier alpha value is -0.530. The van der Waals surface area contributed by atoms with Gasteiger partial charge in [-0.1, -0.05) is 37.6 Å². The summed E-state index contributed by atoms with van der Waals surface area (Å²) in [5.41, 5.74) is 1.23. The largest absolute Gasteiger partial charge is 0.383 e. The van der Waals surface area contributed by atoms with Gasteiger partial charge in [0.15, 0.2) is 5.96 Å². The van der Waals surface area contributed by atoms with Crippen molar-refractivity contribution in [3.63, 3.8) is 0 Å². The Balaban J connectivity index is 0.00000400. The third-order valence-corrected chi connectivity index (χ3v) is 3.40. The van der Waals surface area contributed by atoms with Crippen molar-refractivity contribution in [3.05, 3.63) is 34.9 Å². The molecule has 0 bridgehead atoms. The van der Waals surface area contributed by atoms with Crippen LogP contribution in [0.25, 0.3) is 0 Å². The van der Waals surface area contributed by atoms with Gasteiger partial charge >= 0.3 is 0 Å². The van der Waals surface area contributed by atoms with Crippen LogP contribution in [0, 0.1) is 0 Å². The number of benzene rings is 1. The fraction of sp³-hybridized carbons (Fsp3) is 0.533. The predicted octanol–water partition coefficient (Wildman–Crippen LogP) is 3.05. The lowest BCUT2D eigenvalue weighted by molar-refractivity contribution is 0.203. The van der Waals surface area contributed by atoms with E-state index in [-0.39, 0.29) is 29.4 Å². The maximum Gasteiger partial charge on any atom is 0.191 e. The first kappa shape index (κ1) is 20.5. The third kappa shape index (κ3) is 7.33. The van der Waals surface area contributed by atoms with Crippen molar-refractivity contribution in [2.45, 2.75) is 19.3 Å². The molecule has 0 unspecified atom stereocenters. The number of aliphatic imine (C=N–C) groups is 1. The molecular weight excluding hydrogens is 401 g/mol. The van der Waals surface area contributed by atoms with Crippen LogP contribution in [0.4, 0.5) is 0 Å². The summed E-state index contributed by atoms with van der Waals surface area (Å²) in [5, 5.41) is 7.29. The summed E-state index contributed by atoms with van der Waals surface area (Å²) in [7, 11) is 3.44. The average Bonchev–Trinajstić information content (AvgIpc) is 2.43. The molecule has 0 saturated carbocycles. The Kier molecular flexibility index (Phi) is 9.98. The summed E-state index contributed by atoms with van der Waals surface area (Å²) in [6.07, 6.45) is 0. The van der Waals surface area contributed by atoms with Gasteiger partial charge in [0.1, 0.15) is 0 Å². The van der Waals surface area contributed by atoms with E-state index in [1.165, 1.54) is 5.56 Å². The zero-order valence-corrected chi connectivity index (χ0v) is 16.2. The van der Waals surface area contributed by atoms with Crippen LogP contribution in [0.3, 0.4) is 0 Å². The van der Waals surface area contributed by atoms with Gasteiger partial charge in [-0.25, -0.2) is 0 Å². The fourth-order valence-corrected chi connectivity index (χ4v) is 1.93. The Morgan fingerprint density at radius 1 is 1.24 bits per heavy atom. The minimum absolute atomic E-state index is 0. The van der Waals surface area contributed by atoms with E-state index in [9.17, 15) is 0 Å². The van der Waals surface area contributed by atoms with Gasteiger partial charge in [0.2, 0.25) is 0 Å². The second kappa shape index (κ2) is 10.2. The number of nitrogens with one attached hydrogen (secondary N) is 2. The molecule has 0 saturated heterocycles. The van der Waals surface area contributed by atoms with Crippen molar-refractivity contribution in [1.82, 2.24) is 10.6 Å². The summed E-state index contributed by atoms with van der Waals surface area (Å²) in [6.45, 7) is 6.54. The Morgan fingerprint density at radius 3 is 2.38 bits per heavy atom.